The van der Waals surface area contributed by atoms with E-state index in [1.807, 2.05) is 24.3 Å². The van der Waals surface area contributed by atoms with Crippen LogP contribution in [0.25, 0.3) is 22.6 Å². The van der Waals surface area contributed by atoms with Gasteiger partial charge >= 0.3 is 0 Å². The average Bonchev–Trinajstić information content (AvgIpc) is 3.17. The minimum atomic E-state index is -0.234. The molecule has 2 N–H and O–H groups in total. The molecule has 3 heterocycles. The van der Waals surface area contributed by atoms with Gasteiger partial charge in [-0.15, -0.1) is 0 Å². The number of nitrogens with zero attached hydrogens (tertiary/aromatic N) is 4. The molecule has 34 heavy (non-hydrogen) atoms. The number of hydrogen-bond donors (Lipinski definition) is 2. The monoisotopic (exact) mass is 498 g/mol. The minimum Gasteiger partial charge on any atom is -0.354 e. The van der Waals surface area contributed by atoms with E-state index >= 15 is 0 Å². The lowest BCUT2D eigenvalue weighted by atomic mass is 9.99. The largest absolute Gasteiger partial charge is 0.354 e. The van der Waals surface area contributed by atoms with E-state index < -0.39 is 0 Å². The Morgan fingerprint density at radius 3 is 2.71 bits per heavy atom. The number of rotatable bonds is 7. The van der Waals surface area contributed by atoms with Crippen LogP contribution in [0.5, 0.6) is 0 Å². The van der Waals surface area contributed by atoms with Crippen LogP contribution in [0.1, 0.15) is 18.4 Å². The van der Waals surface area contributed by atoms with E-state index in [1.165, 1.54) is 6.07 Å². The molecule has 9 heteroatoms. The van der Waals surface area contributed by atoms with Crippen molar-refractivity contribution in [2.45, 2.75) is 25.8 Å². The standard InChI is InChI=1S/C25H25Cl2FN6/c26-19-7-2-8-20(27)22(19)24-32-21-14-31-25(30-11-9-16-4-1-6-18(28)12-16)33-23(21)34(24)15-17-5-3-10-29-13-17/h1-2,4,6-8,12,14,17,29H,3,5,9-11,13,15H2,(H,30,31,33)/t17-/m1/s1. The van der Waals surface area contributed by atoms with Gasteiger partial charge in [0.05, 0.1) is 21.8 Å². The maximum absolute atomic E-state index is 13.4. The third-order valence-corrected chi connectivity index (χ3v) is 6.73. The summed E-state index contributed by atoms with van der Waals surface area (Å²) >= 11 is 13.1. The first-order valence-corrected chi connectivity index (χ1v) is 12.2. The maximum atomic E-state index is 13.4. The van der Waals surface area contributed by atoms with E-state index in [0.29, 0.717) is 51.8 Å². The van der Waals surface area contributed by atoms with E-state index in [-0.39, 0.29) is 5.82 Å². The summed E-state index contributed by atoms with van der Waals surface area (Å²) in [4.78, 5) is 14.1. The van der Waals surface area contributed by atoms with Crippen LogP contribution in [0.2, 0.25) is 10.0 Å². The fraction of sp³-hybridized carbons (Fsp3) is 0.320. The first-order chi connectivity index (χ1) is 16.6. The smallest absolute Gasteiger partial charge is 0.224 e. The minimum absolute atomic E-state index is 0.234. The van der Waals surface area contributed by atoms with Crippen molar-refractivity contribution in [2.75, 3.05) is 25.0 Å². The Kier molecular flexibility index (Phi) is 6.94. The quantitative estimate of drug-likeness (QED) is 0.347. The number of nitrogens with one attached hydrogen (secondary N) is 2. The predicted octanol–water partition coefficient (Wildman–Crippen LogP) is 5.59. The summed E-state index contributed by atoms with van der Waals surface area (Å²) in [7, 11) is 0. The molecule has 0 spiro atoms. The Labute approximate surface area is 207 Å². The molecule has 1 saturated heterocycles. The molecule has 0 amide bonds. The first kappa shape index (κ1) is 23.0. The van der Waals surface area contributed by atoms with Crippen LogP contribution in [0, 0.1) is 11.7 Å². The van der Waals surface area contributed by atoms with Gasteiger partial charge in [-0.1, -0.05) is 41.4 Å². The van der Waals surface area contributed by atoms with Gasteiger partial charge in [-0.2, -0.15) is 4.98 Å². The Hall–Kier alpha value is -2.74. The predicted molar refractivity (Wildman–Crippen MR) is 135 cm³/mol. The van der Waals surface area contributed by atoms with E-state index in [4.69, 9.17) is 33.2 Å². The molecule has 176 valence electrons. The van der Waals surface area contributed by atoms with Crippen molar-refractivity contribution in [3.8, 4) is 11.4 Å². The third kappa shape index (κ3) is 5.02. The van der Waals surface area contributed by atoms with Crippen molar-refractivity contribution in [2.24, 2.45) is 5.92 Å². The molecule has 0 aliphatic carbocycles. The summed E-state index contributed by atoms with van der Waals surface area (Å²) in [5.74, 6) is 1.42. The molecule has 0 bridgehead atoms. The molecular formula is C25H25Cl2FN6. The van der Waals surface area contributed by atoms with Crippen LogP contribution in [-0.4, -0.2) is 39.2 Å². The molecular weight excluding hydrogens is 474 g/mol. The Bertz CT molecular complexity index is 1280. The number of piperidine rings is 1. The fourth-order valence-electron chi connectivity index (χ4n) is 4.43. The molecule has 0 saturated carbocycles. The normalized spacial score (nSPS) is 16.1. The van der Waals surface area contributed by atoms with Gasteiger partial charge < -0.3 is 15.2 Å². The zero-order valence-electron chi connectivity index (χ0n) is 18.6. The van der Waals surface area contributed by atoms with Crippen molar-refractivity contribution in [1.29, 1.82) is 0 Å². The van der Waals surface area contributed by atoms with E-state index in [2.05, 4.69) is 20.2 Å². The van der Waals surface area contributed by atoms with Crippen LogP contribution in [0.3, 0.4) is 0 Å². The van der Waals surface area contributed by atoms with Crippen LogP contribution < -0.4 is 10.6 Å². The van der Waals surface area contributed by atoms with Gasteiger partial charge in [0, 0.05) is 13.1 Å². The van der Waals surface area contributed by atoms with Crippen LogP contribution in [0.4, 0.5) is 10.3 Å². The number of hydrogen-bond acceptors (Lipinski definition) is 5. The van der Waals surface area contributed by atoms with E-state index in [0.717, 1.165) is 43.7 Å². The van der Waals surface area contributed by atoms with Gasteiger partial charge in [-0.05, 0) is 68.1 Å². The second-order valence-electron chi connectivity index (χ2n) is 8.56. The summed E-state index contributed by atoms with van der Waals surface area (Å²) in [6.45, 7) is 3.32. The topological polar surface area (TPSA) is 67.7 Å². The Morgan fingerprint density at radius 1 is 1.12 bits per heavy atom. The number of benzene rings is 2. The van der Waals surface area contributed by atoms with E-state index in [9.17, 15) is 4.39 Å². The summed E-state index contributed by atoms with van der Waals surface area (Å²) in [6.07, 6.45) is 4.65. The molecule has 1 fully saturated rings. The number of halogens is 3. The third-order valence-electron chi connectivity index (χ3n) is 6.10. The van der Waals surface area contributed by atoms with Crippen molar-refractivity contribution in [3.63, 3.8) is 0 Å². The maximum Gasteiger partial charge on any atom is 0.224 e. The zero-order chi connectivity index (χ0) is 23.5. The number of imidazole rings is 1. The molecule has 0 radical (unpaired) electrons. The second-order valence-corrected chi connectivity index (χ2v) is 9.38. The number of anilines is 1. The highest BCUT2D eigenvalue weighted by Crippen LogP contribution is 2.36. The molecule has 0 unspecified atom stereocenters. The lowest BCUT2D eigenvalue weighted by Crippen LogP contribution is -2.32. The fourth-order valence-corrected chi connectivity index (χ4v) is 4.99. The molecule has 2 aromatic carbocycles. The van der Waals surface area contributed by atoms with Gasteiger partial charge in [-0.25, -0.2) is 14.4 Å². The van der Waals surface area contributed by atoms with Crippen LogP contribution in [-0.2, 0) is 13.0 Å². The lowest BCUT2D eigenvalue weighted by Gasteiger charge is -2.24. The summed E-state index contributed by atoms with van der Waals surface area (Å²) < 4.78 is 15.6. The molecule has 1 aliphatic heterocycles. The van der Waals surface area contributed by atoms with Crippen LogP contribution >= 0.6 is 23.2 Å². The summed E-state index contributed by atoms with van der Waals surface area (Å²) in [5.41, 5.74) is 3.04. The average molecular weight is 499 g/mol. The molecule has 1 atom stereocenters. The highest BCUT2D eigenvalue weighted by atomic mass is 35.5. The lowest BCUT2D eigenvalue weighted by molar-refractivity contribution is 0.341. The van der Waals surface area contributed by atoms with E-state index in [1.54, 1.807) is 18.3 Å². The van der Waals surface area contributed by atoms with Crippen molar-refractivity contribution in [1.82, 2.24) is 24.8 Å². The summed E-state index contributed by atoms with van der Waals surface area (Å²) in [5, 5.41) is 7.83. The molecule has 5 rings (SSSR count). The second kappa shape index (κ2) is 10.3. The first-order valence-electron chi connectivity index (χ1n) is 11.4. The SMILES string of the molecule is Fc1cccc(CCNc2ncc3nc(-c4c(Cl)cccc4Cl)n(C[C@@H]4CCCNC4)c3n2)c1. The van der Waals surface area contributed by atoms with Gasteiger partial charge in [0.2, 0.25) is 5.95 Å². The van der Waals surface area contributed by atoms with Crippen LogP contribution in [0.15, 0.2) is 48.7 Å². The van der Waals surface area contributed by atoms with Crippen molar-refractivity contribution >= 4 is 40.3 Å². The highest BCUT2D eigenvalue weighted by molar-refractivity contribution is 6.39. The number of aromatic nitrogens is 4. The molecule has 2 aromatic heterocycles. The van der Waals surface area contributed by atoms with Gasteiger partial charge in [0.1, 0.15) is 17.2 Å². The molecule has 4 aromatic rings. The van der Waals surface area contributed by atoms with Gasteiger partial charge in [0.25, 0.3) is 0 Å². The van der Waals surface area contributed by atoms with Crippen molar-refractivity contribution in [3.05, 3.63) is 70.1 Å². The van der Waals surface area contributed by atoms with Gasteiger partial charge in [0.15, 0.2) is 5.65 Å². The Balaban J connectivity index is 1.47. The van der Waals surface area contributed by atoms with Gasteiger partial charge in [-0.3, -0.25) is 0 Å². The molecule has 1 aliphatic rings. The molecule has 6 nitrogen and oxygen atoms in total. The zero-order valence-corrected chi connectivity index (χ0v) is 20.1. The highest BCUT2D eigenvalue weighted by Gasteiger charge is 2.23. The summed E-state index contributed by atoms with van der Waals surface area (Å²) in [6, 6.07) is 12.1. The number of fused-ring (bicyclic) bond motifs is 1. The van der Waals surface area contributed by atoms with Crippen molar-refractivity contribution < 1.29 is 4.39 Å². The Morgan fingerprint density at radius 2 is 1.94 bits per heavy atom.